The van der Waals surface area contributed by atoms with Crippen molar-refractivity contribution < 1.29 is 9.13 Å². The van der Waals surface area contributed by atoms with Gasteiger partial charge in [0.2, 0.25) is 0 Å². The van der Waals surface area contributed by atoms with Crippen molar-refractivity contribution in [3.05, 3.63) is 69.2 Å². The van der Waals surface area contributed by atoms with Crippen molar-refractivity contribution in [2.75, 3.05) is 13.1 Å². The van der Waals surface area contributed by atoms with Gasteiger partial charge in [-0.1, -0.05) is 17.7 Å². The predicted octanol–water partition coefficient (Wildman–Crippen LogP) is 2.89. The molecule has 4 heterocycles. The van der Waals surface area contributed by atoms with Gasteiger partial charge >= 0.3 is 5.69 Å². The van der Waals surface area contributed by atoms with Gasteiger partial charge in [0, 0.05) is 30.9 Å². The molecule has 0 bridgehead atoms. The topological polar surface area (TPSA) is 77.6 Å². The van der Waals surface area contributed by atoms with Gasteiger partial charge in [-0.15, -0.1) is 0 Å². The molecule has 5 rings (SSSR count). The van der Waals surface area contributed by atoms with Gasteiger partial charge in [-0.3, -0.25) is 9.47 Å². The zero-order valence-electron chi connectivity index (χ0n) is 17.7. The molecule has 0 unspecified atom stereocenters. The third kappa shape index (κ3) is 3.87. The molecule has 166 valence electrons. The lowest BCUT2D eigenvalue weighted by Gasteiger charge is -2.35. The number of morpholine rings is 1. The highest BCUT2D eigenvalue weighted by Gasteiger charge is 2.23. The average Bonchev–Trinajstić information content (AvgIpc) is 3.22. The summed E-state index contributed by atoms with van der Waals surface area (Å²) >= 11 is 6.21. The molecule has 0 N–H and O–H groups in total. The normalized spacial score (nSPS) is 19.8. The number of pyridine rings is 1. The van der Waals surface area contributed by atoms with Crippen LogP contribution in [-0.4, -0.2) is 54.3 Å². The lowest BCUT2D eigenvalue weighted by Crippen LogP contribution is -2.44. The molecule has 1 aliphatic rings. The van der Waals surface area contributed by atoms with Crippen LogP contribution in [0, 0.1) is 5.82 Å². The Labute approximate surface area is 188 Å². The molecule has 32 heavy (non-hydrogen) atoms. The van der Waals surface area contributed by atoms with E-state index >= 15 is 0 Å². The van der Waals surface area contributed by atoms with Crippen LogP contribution in [0.25, 0.3) is 16.7 Å². The van der Waals surface area contributed by atoms with Gasteiger partial charge in [0.25, 0.3) is 0 Å². The van der Waals surface area contributed by atoms with Gasteiger partial charge in [-0.05, 0) is 43.2 Å². The van der Waals surface area contributed by atoms with E-state index in [-0.39, 0.29) is 29.5 Å². The quantitative estimate of drug-likeness (QED) is 0.470. The molecule has 0 aliphatic carbocycles. The van der Waals surface area contributed by atoms with Gasteiger partial charge in [0.1, 0.15) is 17.8 Å². The van der Waals surface area contributed by atoms with E-state index in [1.165, 1.54) is 27.5 Å². The lowest BCUT2D eigenvalue weighted by atomic mass is 10.1. The zero-order chi connectivity index (χ0) is 22.4. The minimum Gasteiger partial charge on any atom is -0.373 e. The molecule has 8 nitrogen and oxygen atoms in total. The Morgan fingerprint density at radius 2 is 1.91 bits per heavy atom. The van der Waals surface area contributed by atoms with Crippen molar-refractivity contribution in [1.82, 2.24) is 29.0 Å². The van der Waals surface area contributed by atoms with E-state index in [0.717, 1.165) is 18.7 Å². The van der Waals surface area contributed by atoms with E-state index in [1.807, 2.05) is 6.07 Å². The molecular weight excluding hydrogens is 435 g/mol. The molecule has 3 aromatic heterocycles. The summed E-state index contributed by atoms with van der Waals surface area (Å²) in [6.45, 7) is 6.66. The molecule has 1 aromatic carbocycles. The highest BCUT2D eigenvalue weighted by atomic mass is 35.5. The summed E-state index contributed by atoms with van der Waals surface area (Å²) in [5.41, 5.74) is 2.15. The largest absolute Gasteiger partial charge is 0.373 e. The molecule has 1 fully saturated rings. The van der Waals surface area contributed by atoms with Crippen LogP contribution < -0.4 is 5.69 Å². The molecule has 0 spiro atoms. The fourth-order valence-electron chi connectivity index (χ4n) is 4.37. The Morgan fingerprint density at radius 1 is 1.12 bits per heavy atom. The smallest absolute Gasteiger partial charge is 0.352 e. The molecular formula is C22H22ClFN6O2. The van der Waals surface area contributed by atoms with E-state index in [4.69, 9.17) is 16.3 Å². The summed E-state index contributed by atoms with van der Waals surface area (Å²) in [4.78, 5) is 24.3. The van der Waals surface area contributed by atoms with Crippen molar-refractivity contribution in [1.29, 1.82) is 0 Å². The summed E-state index contributed by atoms with van der Waals surface area (Å²) in [5, 5.41) is 5.06. The van der Waals surface area contributed by atoms with Gasteiger partial charge in [-0.25, -0.2) is 19.2 Å². The van der Waals surface area contributed by atoms with Crippen LogP contribution in [-0.2, 0) is 17.8 Å². The van der Waals surface area contributed by atoms with E-state index in [1.54, 1.807) is 12.3 Å². The molecule has 0 amide bonds. The average molecular weight is 457 g/mol. The first-order chi connectivity index (χ1) is 15.4. The van der Waals surface area contributed by atoms with Gasteiger partial charge in [0.15, 0.2) is 5.65 Å². The van der Waals surface area contributed by atoms with Gasteiger partial charge in [0.05, 0.1) is 24.1 Å². The molecule has 1 saturated heterocycles. The first-order valence-electron chi connectivity index (χ1n) is 10.4. The van der Waals surface area contributed by atoms with E-state index < -0.39 is 5.82 Å². The van der Waals surface area contributed by atoms with E-state index in [2.05, 4.69) is 33.8 Å². The highest BCUT2D eigenvalue weighted by Crippen LogP contribution is 2.22. The molecule has 0 saturated carbocycles. The second kappa shape index (κ2) is 8.23. The number of nitrogens with zero attached hydrogens (tertiary/aromatic N) is 6. The van der Waals surface area contributed by atoms with E-state index in [9.17, 15) is 9.18 Å². The summed E-state index contributed by atoms with van der Waals surface area (Å²) in [7, 11) is 0. The number of fused-ring (bicyclic) bond motifs is 3. The number of benzene rings is 1. The Morgan fingerprint density at radius 3 is 2.66 bits per heavy atom. The Kier molecular flexibility index (Phi) is 5.40. The maximum atomic E-state index is 13.5. The van der Waals surface area contributed by atoms with Crippen molar-refractivity contribution in [2.45, 2.75) is 39.1 Å². The summed E-state index contributed by atoms with van der Waals surface area (Å²) in [6.07, 6.45) is 3.47. The zero-order valence-corrected chi connectivity index (χ0v) is 18.5. The number of ether oxygens (including phenoxy) is 1. The fourth-order valence-corrected chi connectivity index (χ4v) is 4.60. The minimum atomic E-state index is -0.433. The minimum absolute atomic E-state index is 0.134. The standard InChI is InChI=1S/C22H22ClFN6O2/c1-13-8-28(9-14(2)32-13)10-15-5-18-20(25-7-15)29(22(31)30-21(18)26-12-27-30)11-16-3-4-17(24)6-19(16)23/h3-7,12-14H,8-11H2,1-2H3/t13-,14+. The van der Waals surface area contributed by atoms with Crippen molar-refractivity contribution in [2.24, 2.45) is 0 Å². The van der Waals surface area contributed by atoms with Crippen LogP contribution in [0.2, 0.25) is 5.02 Å². The second-order valence-electron chi connectivity index (χ2n) is 8.27. The second-order valence-corrected chi connectivity index (χ2v) is 8.67. The van der Waals surface area contributed by atoms with Crippen LogP contribution in [0.5, 0.6) is 0 Å². The molecule has 10 heteroatoms. The number of rotatable bonds is 4. The van der Waals surface area contributed by atoms with Crippen molar-refractivity contribution >= 4 is 28.3 Å². The Hall–Kier alpha value is -2.88. The monoisotopic (exact) mass is 456 g/mol. The number of hydrogen-bond donors (Lipinski definition) is 0. The van der Waals surface area contributed by atoms with Crippen LogP contribution in [0.1, 0.15) is 25.0 Å². The SMILES string of the molecule is C[C@@H]1CN(Cc2cnc3c(c2)c2ncnn2c(=O)n3Cc2ccc(F)cc2Cl)C[C@H](C)O1. The van der Waals surface area contributed by atoms with E-state index in [0.29, 0.717) is 28.8 Å². The fraction of sp³-hybridized carbons (Fsp3) is 0.364. The Bertz CT molecular complexity index is 1360. The maximum absolute atomic E-state index is 13.5. The lowest BCUT2D eigenvalue weighted by molar-refractivity contribution is -0.0705. The summed E-state index contributed by atoms with van der Waals surface area (Å²) in [5.74, 6) is -0.433. The van der Waals surface area contributed by atoms with Gasteiger partial charge in [-0.2, -0.15) is 9.61 Å². The number of aromatic nitrogens is 5. The van der Waals surface area contributed by atoms with Crippen molar-refractivity contribution in [3.63, 3.8) is 0 Å². The summed E-state index contributed by atoms with van der Waals surface area (Å²) in [6, 6.07) is 6.11. The summed E-state index contributed by atoms with van der Waals surface area (Å²) < 4.78 is 22.0. The molecule has 4 aromatic rings. The first-order valence-corrected chi connectivity index (χ1v) is 10.8. The number of halogens is 2. The molecule has 2 atom stereocenters. The first kappa shape index (κ1) is 21.0. The van der Waals surface area contributed by atoms with Crippen LogP contribution >= 0.6 is 11.6 Å². The Balaban J connectivity index is 1.58. The third-order valence-electron chi connectivity index (χ3n) is 5.62. The molecule has 1 aliphatic heterocycles. The highest BCUT2D eigenvalue weighted by molar-refractivity contribution is 6.31. The van der Waals surface area contributed by atoms with Crippen LogP contribution in [0.4, 0.5) is 4.39 Å². The van der Waals surface area contributed by atoms with Gasteiger partial charge < -0.3 is 4.74 Å². The number of hydrogen-bond acceptors (Lipinski definition) is 6. The maximum Gasteiger partial charge on any atom is 0.352 e. The van der Waals surface area contributed by atoms with Crippen LogP contribution in [0.15, 0.2) is 41.6 Å². The van der Waals surface area contributed by atoms with Crippen molar-refractivity contribution in [3.8, 4) is 0 Å². The molecule has 0 radical (unpaired) electrons. The predicted molar refractivity (Wildman–Crippen MR) is 118 cm³/mol. The van der Waals surface area contributed by atoms with Crippen LogP contribution in [0.3, 0.4) is 0 Å². The third-order valence-corrected chi connectivity index (χ3v) is 5.98.